The fourth-order valence-electron chi connectivity index (χ4n) is 8.67. The highest BCUT2D eigenvalue weighted by molar-refractivity contribution is 5.70. The average Bonchev–Trinajstić information content (AvgIpc) is 3.36. The normalized spacial score (nSPS) is 12.8. The summed E-state index contributed by atoms with van der Waals surface area (Å²) < 4.78 is 10.7. The molecule has 0 aliphatic rings. The lowest BCUT2D eigenvalue weighted by atomic mass is 10.0. The van der Waals surface area contributed by atoms with Gasteiger partial charge >= 0.3 is 11.9 Å². The highest BCUT2D eigenvalue weighted by Gasteiger charge is 2.16. The zero-order valence-electron chi connectivity index (χ0n) is 46.3. The number of unbranched alkanes of at least 4 members (excludes halogenated alkanes) is 33. The molecule has 70 heavy (non-hydrogen) atoms. The number of aliphatic hydroxyl groups excluding tert-OH is 1. The van der Waals surface area contributed by atoms with Gasteiger partial charge in [0.05, 0.1) is 6.61 Å². The number of ether oxygens (including phenoxy) is 2. The number of carbonyl (C=O) groups is 2. The number of hydrogen-bond donors (Lipinski definition) is 1. The van der Waals surface area contributed by atoms with E-state index in [0.717, 1.165) is 83.5 Å². The van der Waals surface area contributed by atoms with Gasteiger partial charge in [0.15, 0.2) is 6.10 Å². The summed E-state index contributed by atoms with van der Waals surface area (Å²) in [6, 6.07) is 0. The molecule has 0 aliphatic heterocycles. The zero-order chi connectivity index (χ0) is 50.6. The third-order valence-electron chi connectivity index (χ3n) is 13.2. The molecule has 0 fully saturated rings. The van der Waals surface area contributed by atoms with Crippen molar-refractivity contribution >= 4 is 11.9 Å². The first-order valence-electron chi connectivity index (χ1n) is 30.1. The predicted octanol–water partition coefficient (Wildman–Crippen LogP) is 20.5. The van der Waals surface area contributed by atoms with Crippen molar-refractivity contribution in [2.45, 2.75) is 302 Å². The third-order valence-corrected chi connectivity index (χ3v) is 13.2. The molecular weight excluding hydrogens is 861 g/mol. The number of hydrogen-bond acceptors (Lipinski definition) is 5. The molecular formula is C65H114O5. The number of carbonyl (C=O) groups excluding carboxylic acids is 2. The van der Waals surface area contributed by atoms with Crippen LogP contribution in [0.2, 0.25) is 0 Å². The van der Waals surface area contributed by atoms with E-state index in [9.17, 15) is 14.7 Å². The quantitative estimate of drug-likeness (QED) is 0.0373. The molecule has 0 radical (unpaired) electrons. The highest BCUT2D eigenvalue weighted by atomic mass is 16.6. The molecule has 1 atom stereocenters. The second kappa shape index (κ2) is 60.4. The van der Waals surface area contributed by atoms with Crippen LogP contribution in [0.5, 0.6) is 0 Å². The molecule has 5 heteroatoms. The van der Waals surface area contributed by atoms with Crippen LogP contribution in [0, 0.1) is 0 Å². The van der Waals surface area contributed by atoms with Crippen molar-refractivity contribution < 1.29 is 24.2 Å². The van der Waals surface area contributed by atoms with Crippen LogP contribution in [0.4, 0.5) is 0 Å². The minimum Gasteiger partial charge on any atom is -0.462 e. The summed E-state index contributed by atoms with van der Waals surface area (Å²) in [5.74, 6) is -0.596. The summed E-state index contributed by atoms with van der Waals surface area (Å²) in [6.07, 6.45) is 84.4. The Labute approximate surface area is 435 Å². The molecule has 0 aliphatic carbocycles. The van der Waals surface area contributed by atoms with Crippen molar-refractivity contribution in [1.29, 1.82) is 0 Å². The van der Waals surface area contributed by atoms with Gasteiger partial charge in [0, 0.05) is 12.8 Å². The van der Waals surface area contributed by atoms with Gasteiger partial charge in [0.25, 0.3) is 0 Å². The standard InChI is InChI=1S/C65H114O5/c1-3-5-7-9-11-13-15-17-19-21-23-24-25-26-27-28-29-30-31-32-33-34-35-36-37-38-39-40-42-44-46-48-50-52-54-56-58-60-65(68)70-63(61-66)62-69-64(67)59-57-55-53-51-49-47-45-43-41-22-20-18-16-14-12-10-8-6-4-2/h5,7,11-14,17-20,23-24,41,43,63,66H,3-4,6,8-10,15-16,21-22,25-40,42,44-62H2,1-2H3/b7-5-,13-11-,14-12-,19-17-,20-18-,24-23-,43-41-. The van der Waals surface area contributed by atoms with E-state index < -0.39 is 6.10 Å². The maximum absolute atomic E-state index is 12.3. The number of allylic oxidation sites excluding steroid dienone is 14. The fraction of sp³-hybridized carbons (Fsp3) is 0.754. The van der Waals surface area contributed by atoms with Crippen LogP contribution in [0.3, 0.4) is 0 Å². The van der Waals surface area contributed by atoms with Gasteiger partial charge in [-0.2, -0.15) is 0 Å². The molecule has 404 valence electrons. The molecule has 0 heterocycles. The average molecular weight is 976 g/mol. The van der Waals surface area contributed by atoms with Gasteiger partial charge in [-0.05, 0) is 89.9 Å². The van der Waals surface area contributed by atoms with Crippen molar-refractivity contribution in [1.82, 2.24) is 0 Å². The maximum atomic E-state index is 12.3. The van der Waals surface area contributed by atoms with Crippen molar-refractivity contribution in [2.24, 2.45) is 0 Å². The van der Waals surface area contributed by atoms with Gasteiger partial charge in [0.2, 0.25) is 0 Å². The van der Waals surface area contributed by atoms with Crippen LogP contribution in [0.25, 0.3) is 0 Å². The summed E-state index contributed by atoms with van der Waals surface area (Å²) in [5.41, 5.74) is 0. The largest absolute Gasteiger partial charge is 0.462 e. The van der Waals surface area contributed by atoms with E-state index in [1.54, 1.807) is 0 Å². The molecule has 0 saturated carbocycles. The summed E-state index contributed by atoms with van der Waals surface area (Å²) in [5, 5.41) is 9.66. The smallest absolute Gasteiger partial charge is 0.306 e. The fourth-order valence-corrected chi connectivity index (χ4v) is 8.67. The van der Waals surface area contributed by atoms with Crippen molar-refractivity contribution in [3.63, 3.8) is 0 Å². The number of rotatable bonds is 55. The van der Waals surface area contributed by atoms with E-state index in [0.29, 0.717) is 12.8 Å². The lowest BCUT2D eigenvalue weighted by molar-refractivity contribution is -0.161. The summed E-state index contributed by atoms with van der Waals surface area (Å²) >= 11 is 0. The second-order valence-corrected chi connectivity index (χ2v) is 20.0. The van der Waals surface area contributed by atoms with Gasteiger partial charge in [-0.3, -0.25) is 9.59 Å². The SMILES string of the molecule is CC/C=C\C/C=C\C/C=C\C/C=C\CCCCCCCCCCCCCCCCCCCCCCCCCCC(=O)OC(CO)COC(=O)CCCCCCCC/C=C\C/C=C\C/C=C\CCCCC. The molecule has 0 amide bonds. The minimum atomic E-state index is -0.780. The van der Waals surface area contributed by atoms with Crippen LogP contribution < -0.4 is 0 Å². The number of esters is 2. The summed E-state index contributed by atoms with van der Waals surface area (Å²) in [4.78, 5) is 24.5. The third kappa shape index (κ3) is 57.7. The monoisotopic (exact) mass is 975 g/mol. The maximum Gasteiger partial charge on any atom is 0.306 e. The molecule has 5 nitrogen and oxygen atoms in total. The van der Waals surface area contributed by atoms with Crippen LogP contribution in [-0.4, -0.2) is 36.4 Å². The van der Waals surface area contributed by atoms with Crippen molar-refractivity contribution in [3.8, 4) is 0 Å². The lowest BCUT2D eigenvalue weighted by Crippen LogP contribution is -2.28. The van der Waals surface area contributed by atoms with Gasteiger partial charge in [-0.25, -0.2) is 0 Å². The first-order chi connectivity index (χ1) is 34.6. The molecule has 1 N–H and O–H groups in total. The van der Waals surface area contributed by atoms with Gasteiger partial charge < -0.3 is 14.6 Å². The lowest BCUT2D eigenvalue weighted by Gasteiger charge is -2.15. The van der Waals surface area contributed by atoms with Gasteiger partial charge in [-0.1, -0.05) is 279 Å². The van der Waals surface area contributed by atoms with E-state index in [4.69, 9.17) is 9.47 Å². The van der Waals surface area contributed by atoms with Gasteiger partial charge in [-0.15, -0.1) is 0 Å². The molecule has 0 aromatic rings. The Morgan fingerprint density at radius 1 is 0.343 bits per heavy atom. The number of aliphatic hydroxyl groups is 1. The van der Waals surface area contributed by atoms with E-state index in [-0.39, 0.29) is 25.2 Å². The zero-order valence-corrected chi connectivity index (χ0v) is 46.3. The van der Waals surface area contributed by atoms with E-state index >= 15 is 0 Å². The van der Waals surface area contributed by atoms with E-state index in [2.05, 4.69) is 98.9 Å². The Bertz CT molecular complexity index is 1290. The van der Waals surface area contributed by atoms with Crippen molar-refractivity contribution in [2.75, 3.05) is 13.2 Å². The molecule has 0 aromatic carbocycles. The first-order valence-corrected chi connectivity index (χ1v) is 30.1. The first kappa shape index (κ1) is 67.1. The Hall–Kier alpha value is -2.92. The topological polar surface area (TPSA) is 72.8 Å². The molecule has 0 aromatic heterocycles. The Balaban J connectivity index is 3.43. The van der Waals surface area contributed by atoms with Crippen LogP contribution in [-0.2, 0) is 19.1 Å². The van der Waals surface area contributed by atoms with Crippen LogP contribution in [0.15, 0.2) is 85.1 Å². The second-order valence-electron chi connectivity index (χ2n) is 20.0. The van der Waals surface area contributed by atoms with Crippen LogP contribution >= 0.6 is 0 Å². The Morgan fingerprint density at radius 3 is 0.929 bits per heavy atom. The highest BCUT2D eigenvalue weighted by Crippen LogP contribution is 2.17. The van der Waals surface area contributed by atoms with E-state index in [1.807, 2.05) is 0 Å². The minimum absolute atomic E-state index is 0.0723. The Morgan fingerprint density at radius 2 is 0.614 bits per heavy atom. The molecule has 0 saturated heterocycles. The Kier molecular flexibility index (Phi) is 57.9. The van der Waals surface area contributed by atoms with Gasteiger partial charge in [0.1, 0.15) is 6.61 Å². The molecule has 0 rings (SSSR count). The summed E-state index contributed by atoms with van der Waals surface area (Å²) in [7, 11) is 0. The molecule has 0 bridgehead atoms. The summed E-state index contributed by atoms with van der Waals surface area (Å²) in [6.45, 7) is 4.01. The van der Waals surface area contributed by atoms with Crippen molar-refractivity contribution in [3.05, 3.63) is 85.1 Å². The predicted molar refractivity (Wildman–Crippen MR) is 306 cm³/mol. The van der Waals surface area contributed by atoms with Crippen LogP contribution in [0.1, 0.15) is 296 Å². The van der Waals surface area contributed by atoms with E-state index in [1.165, 1.54) is 186 Å². The molecule has 1 unspecified atom stereocenters. The molecule has 0 spiro atoms.